The third-order valence-electron chi connectivity index (χ3n) is 5.44. The van der Waals surface area contributed by atoms with E-state index >= 15 is 0 Å². The van der Waals surface area contributed by atoms with E-state index in [0.717, 1.165) is 44.4 Å². The Balaban J connectivity index is 1.49. The lowest BCUT2D eigenvalue weighted by atomic mass is 10.1. The summed E-state index contributed by atoms with van der Waals surface area (Å²) in [5.41, 5.74) is 7.78. The summed E-state index contributed by atoms with van der Waals surface area (Å²) in [7, 11) is 3.98. The van der Waals surface area contributed by atoms with Gasteiger partial charge in [-0.3, -0.25) is 15.1 Å². The number of anilines is 1. The van der Waals surface area contributed by atoms with Gasteiger partial charge in [0.15, 0.2) is 11.5 Å². The molecular formula is C23H18N8O. The molecule has 0 atom stereocenters. The number of H-pyrrole nitrogens is 2. The number of imidazole rings is 1. The quantitative estimate of drug-likeness (QED) is 0.436. The standard InChI is InChI=1S/C23H18N8O/c1-31(2)16-5-14(7-24-9-16)15-6-17-21(29-30-22(17)26-8-15)23-27-19-11-25-10-18(20(19)28-23)13-3-4-32-12-13/h3-12H,1-2H3,(H,27,28)(H,26,29,30). The van der Waals surface area contributed by atoms with Crippen LogP contribution in [-0.4, -0.2) is 49.2 Å². The number of rotatable bonds is 4. The Morgan fingerprint density at radius 3 is 2.66 bits per heavy atom. The van der Waals surface area contributed by atoms with E-state index in [1.165, 1.54) is 0 Å². The van der Waals surface area contributed by atoms with Gasteiger partial charge in [0, 0.05) is 54.9 Å². The van der Waals surface area contributed by atoms with Crippen molar-refractivity contribution in [1.29, 1.82) is 0 Å². The lowest BCUT2D eigenvalue weighted by Crippen LogP contribution is -2.08. The summed E-state index contributed by atoms with van der Waals surface area (Å²) in [6.45, 7) is 0. The van der Waals surface area contributed by atoms with Crippen LogP contribution < -0.4 is 4.90 Å². The molecule has 0 aliphatic heterocycles. The molecule has 0 saturated heterocycles. The van der Waals surface area contributed by atoms with Crippen LogP contribution in [0.15, 0.2) is 66.1 Å². The van der Waals surface area contributed by atoms with E-state index in [1.807, 2.05) is 43.7 Å². The summed E-state index contributed by atoms with van der Waals surface area (Å²) in [6.07, 6.45) is 12.3. The van der Waals surface area contributed by atoms with Gasteiger partial charge in [0.1, 0.15) is 11.2 Å². The van der Waals surface area contributed by atoms with Crippen molar-refractivity contribution in [3.8, 4) is 33.8 Å². The van der Waals surface area contributed by atoms with Gasteiger partial charge in [0.2, 0.25) is 0 Å². The minimum atomic E-state index is 0.642. The Morgan fingerprint density at radius 2 is 1.81 bits per heavy atom. The average molecular weight is 422 g/mol. The molecule has 0 radical (unpaired) electrons. The number of aromatic nitrogens is 7. The highest BCUT2D eigenvalue weighted by molar-refractivity contribution is 5.96. The smallest absolute Gasteiger partial charge is 0.159 e. The van der Waals surface area contributed by atoms with E-state index in [9.17, 15) is 0 Å². The largest absolute Gasteiger partial charge is 0.472 e. The molecule has 156 valence electrons. The molecule has 9 heteroatoms. The molecule has 0 bridgehead atoms. The van der Waals surface area contributed by atoms with Gasteiger partial charge >= 0.3 is 0 Å². The van der Waals surface area contributed by atoms with E-state index < -0.39 is 0 Å². The molecule has 0 unspecified atom stereocenters. The second kappa shape index (κ2) is 7.02. The van der Waals surface area contributed by atoms with Gasteiger partial charge in [0.25, 0.3) is 0 Å². The first-order valence-corrected chi connectivity index (χ1v) is 10.0. The first kappa shape index (κ1) is 18.3. The number of nitrogens with zero attached hydrogens (tertiary/aromatic N) is 6. The zero-order chi connectivity index (χ0) is 21.7. The van der Waals surface area contributed by atoms with E-state index in [0.29, 0.717) is 17.2 Å². The van der Waals surface area contributed by atoms with Gasteiger partial charge in [-0.05, 0) is 18.2 Å². The van der Waals surface area contributed by atoms with Crippen LogP contribution in [0.2, 0.25) is 0 Å². The van der Waals surface area contributed by atoms with Crippen molar-refractivity contribution in [1.82, 2.24) is 35.1 Å². The number of hydrogen-bond acceptors (Lipinski definition) is 7. The van der Waals surface area contributed by atoms with Crippen LogP contribution >= 0.6 is 0 Å². The molecule has 6 heterocycles. The van der Waals surface area contributed by atoms with Crippen molar-refractivity contribution in [2.75, 3.05) is 19.0 Å². The van der Waals surface area contributed by atoms with Gasteiger partial charge in [-0.2, -0.15) is 5.10 Å². The van der Waals surface area contributed by atoms with Crippen molar-refractivity contribution >= 4 is 27.8 Å². The summed E-state index contributed by atoms with van der Waals surface area (Å²) in [5.74, 6) is 0.642. The normalized spacial score (nSPS) is 11.4. The Labute approximate surface area is 182 Å². The van der Waals surface area contributed by atoms with Crippen LogP contribution in [0.25, 0.3) is 55.8 Å². The van der Waals surface area contributed by atoms with E-state index in [2.05, 4.69) is 42.3 Å². The fourth-order valence-electron chi connectivity index (χ4n) is 3.75. The number of furan rings is 1. The minimum absolute atomic E-state index is 0.642. The third-order valence-corrected chi connectivity index (χ3v) is 5.44. The Bertz CT molecular complexity index is 1560. The van der Waals surface area contributed by atoms with Crippen LogP contribution in [0, 0.1) is 0 Å². The summed E-state index contributed by atoms with van der Waals surface area (Å²) >= 11 is 0. The highest BCUT2D eigenvalue weighted by Gasteiger charge is 2.17. The predicted molar refractivity (Wildman–Crippen MR) is 122 cm³/mol. The average Bonchev–Trinajstić information content (AvgIpc) is 3.57. The Morgan fingerprint density at radius 1 is 0.938 bits per heavy atom. The maximum atomic E-state index is 5.23. The molecule has 0 aliphatic carbocycles. The summed E-state index contributed by atoms with van der Waals surface area (Å²) in [6, 6.07) is 6.03. The van der Waals surface area contributed by atoms with E-state index in [4.69, 9.17) is 9.40 Å². The van der Waals surface area contributed by atoms with Crippen LogP contribution in [-0.2, 0) is 0 Å². The lowest BCUT2D eigenvalue weighted by Gasteiger charge is -2.12. The van der Waals surface area contributed by atoms with Crippen LogP contribution in [0.1, 0.15) is 0 Å². The Hall–Kier alpha value is -4.53. The van der Waals surface area contributed by atoms with Crippen LogP contribution in [0.5, 0.6) is 0 Å². The number of pyridine rings is 3. The molecule has 6 aromatic heterocycles. The maximum Gasteiger partial charge on any atom is 0.159 e. The number of fused-ring (bicyclic) bond motifs is 2. The fraction of sp³-hybridized carbons (Fsp3) is 0.0870. The first-order valence-electron chi connectivity index (χ1n) is 10.0. The summed E-state index contributed by atoms with van der Waals surface area (Å²) in [4.78, 5) is 23.5. The molecule has 6 rings (SSSR count). The molecule has 0 amide bonds. The topological polar surface area (TPSA) is 112 Å². The second-order valence-electron chi connectivity index (χ2n) is 7.70. The van der Waals surface area contributed by atoms with Gasteiger partial charge in [-0.1, -0.05) is 0 Å². The van der Waals surface area contributed by atoms with Gasteiger partial charge < -0.3 is 14.3 Å². The summed E-state index contributed by atoms with van der Waals surface area (Å²) in [5, 5.41) is 8.37. The molecule has 0 spiro atoms. The molecular weight excluding hydrogens is 404 g/mol. The molecule has 6 aromatic rings. The zero-order valence-corrected chi connectivity index (χ0v) is 17.4. The van der Waals surface area contributed by atoms with Crippen LogP contribution in [0.4, 0.5) is 5.69 Å². The highest BCUT2D eigenvalue weighted by atomic mass is 16.3. The van der Waals surface area contributed by atoms with Crippen molar-refractivity contribution in [2.24, 2.45) is 0 Å². The van der Waals surface area contributed by atoms with Gasteiger partial charge in [-0.15, -0.1) is 0 Å². The number of hydrogen-bond donors (Lipinski definition) is 2. The van der Waals surface area contributed by atoms with Gasteiger partial charge in [0.05, 0.1) is 41.5 Å². The molecule has 0 aliphatic rings. The first-order chi connectivity index (χ1) is 15.7. The highest BCUT2D eigenvalue weighted by Crippen LogP contribution is 2.32. The van der Waals surface area contributed by atoms with Crippen LogP contribution in [0.3, 0.4) is 0 Å². The monoisotopic (exact) mass is 422 g/mol. The van der Waals surface area contributed by atoms with Crippen molar-refractivity contribution < 1.29 is 4.42 Å². The molecule has 0 saturated carbocycles. The molecule has 32 heavy (non-hydrogen) atoms. The number of aromatic amines is 2. The molecule has 0 aromatic carbocycles. The van der Waals surface area contributed by atoms with Gasteiger partial charge in [-0.25, -0.2) is 9.97 Å². The number of nitrogens with one attached hydrogen (secondary N) is 2. The minimum Gasteiger partial charge on any atom is -0.472 e. The molecule has 9 nitrogen and oxygen atoms in total. The molecule has 2 N–H and O–H groups in total. The van der Waals surface area contributed by atoms with E-state index in [1.54, 1.807) is 24.9 Å². The lowest BCUT2D eigenvalue weighted by molar-refractivity contribution is 0.568. The zero-order valence-electron chi connectivity index (χ0n) is 17.4. The van der Waals surface area contributed by atoms with Crippen molar-refractivity contribution in [3.05, 3.63) is 61.7 Å². The molecule has 0 fully saturated rings. The third kappa shape index (κ3) is 2.90. The van der Waals surface area contributed by atoms with Crippen molar-refractivity contribution in [3.63, 3.8) is 0 Å². The van der Waals surface area contributed by atoms with Crippen molar-refractivity contribution in [2.45, 2.75) is 0 Å². The fourth-order valence-corrected chi connectivity index (χ4v) is 3.75. The SMILES string of the molecule is CN(C)c1cncc(-c2cnc3[nH]nc(-c4nc5c(-c6ccoc6)cncc5[nH]4)c3c2)c1. The summed E-state index contributed by atoms with van der Waals surface area (Å²) < 4.78 is 5.23. The Kier molecular flexibility index (Phi) is 4.00. The second-order valence-corrected chi connectivity index (χ2v) is 7.70. The predicted octanol–water partition coefficient (Wildman–Crippen LogP) is 4.28. The maximum absolute atomic E-state index is 5.23. The van der Waals surface area contributed by atoms with E-state index in [-0.39, 0.29) is 0 Å².